The molecule has 158 valence electrons. The van der Waals surface area contributed by atoms with Crippen molar-refractivity contribution in [3.63, 3.8) is 0 Å². The summed E-state index contributed by atoms with van der Waals surface area (Å²) < 4.78 is 7.81. The first-order chi connectivity index (χ1) is 14.1. The van der Waals surface area contributed by atoms with E-state index in [4.69, 9.17) is 9.84 Å². The molecule has 0 saturated carbocycles. The lowest BCUT2D eigenvalue weighted by Gasteiger charge is -2.48. The number of fused-ring (bicyclic) bond motifs is 3. The maximum absolute atomic E-state index is 13.2. The van der Waals surface area contributed by atoms with Crippen molar-refractivity contribution in [2.75, 3.05) is 19.8 Å². The van der Waals surface area contributed by atoms with Gasteiger partial charge in [0, 0.05) is 29.6 Å². The molecule has 0 aliphatic carbocycles. The van der Waals surface area contributed by atoms with E-state index in [1.807, 2.05) is 22.9 Å². The maximum atomic E-state index is 13.2. The molecule has 1 amide bonds. The highest BCUT2D eigenvalue weighted by molar-refractivity contribution is 6.05. The first-order valence-corrected chi connectivity index (χ1v) is 11.2. The number of hydrogen-bond donors (Lipinski definition) is 1. The summed E-state index contributed by atoms with van der Waals surface area (Å²) in [7, 11) is 0. The molecule has 0 radical (unpaired) electrons. The fourth-order valence-electron chi connectivity index (χ4n) is 4.83. The van der Waals surface area contributed by atoms with E-state index in [-0.39, 0.29) is 18.0 Å². The molecule has 2 fully saturated rings. The lowest BCUT2D eigenvalue weighted by atomic mass is 9.89. The van der Waals surface area contributed by atoms with E-state index in [0.29, 0.717) is 17.8 Å². The van der Waals surface area contributed by atoms with Gasteiger partial charge in [-0.15, -0.1) is 0 Å². The van der Waals surface area contributed by atoms with Crippen molar-refractivity contribution in [1.82, 2.24) is 20.0 Å². The molecule has 29 heavy (non-hydrogen) atoms. The fourth-order valence-corrected chi connectivity index (χ4v) is 4.83. The van der Waals surface area contributed by atoms with Gasteiger partial charge in [0.2, 0.25) is 0 Å². The number of para-hydroxylation sites is 1. The number of rotatable bonds is 7. The third-order valence-corrected chi connectivity index (χ3v) is 6.61. The number of hydrogen-bond acceptors (Lipinski definition) is 4. The Morgan fingerprint density at radius 2 is 1.97 bits per heavy atom. The number of aromatic nitrogens is 2. The van der Waals surface area contributed by atoms with Crippen molar-refractivity contribution >= 4 is 16.8 Å². The van der Waals surface area contributed by atoms with Gasteiger partial charge in [0.05, 0.1) is 18.7 Å². The highest BCUT2D eigenvalue weighted by atomic mass is 16.5. The standard InChI is InChI=1S/C23H34N4O2/c1-4-6-11-26-18-12-17(13-19(26)15-29-14-18)24-23(28)22-20-9-7-8-10-21(20)27(25-22)16(3)5-2/h7-10,16-19H,4-6,11-15H2,1-3H3,(H,24,28)/t16?,17-,18-,19+. The topological polar surface area (TPSA) is 59.4 Å². The van der Waals surface area contributed by atoms with E-state index in [0.717, 1.165) is 49.9 Å². The summed E-state index contributed by atoms with van der Waals surface area (Å²) >= 11 is 0. The highest BCUT2D eigenvalue weighted by Gasteiger charge is 2.39. The van der Waals surface area contributed by atoms with Gasteiger partial charge in [0.1, 0.15) is 0 Å². The summed E-state index contributed by atoms with van der Waals surface area (Å²) in [5, 5.41) is 8.97. The number of unbranched alkanes of at least 4 members (excludes halogenated alkanes) is 1. The number of amides is 1. The zero-order valence-electron chi connectivity index (χ0n) is 17.9. The Morgan fingerprint density at radius 3 is 2.66 bits per heavy atom. The van der Waals surface area contributed by atoms with Crippen LogP contribution in [0.3, 0.4) is 0 Å². The minimum Gasteiger partial charge on any atom is -0.378 e. The van der Waals surface area contributed by atoms with Gasteiger partial charge in [-0.1, -0.05) is 38.5 Å². The van der Waals surface area contributed by atoms with Gasteiger partial charge < -0.3 is 10.1 Å². The zero-order chi connectivity index (χ0) is 20.4. The predicted molar refractivity (Wildman–Crippen MR) is 115 cm³/mol. The second-order valence-electron chi connectivity index (χ2n) is 8.65. The van der Waals surface area contributed by atoms with E-state index in [1.54, 1.807) is 0 Å². The summed E-state index contributed by atoms with van der Waals surface area (Å²) in [5.41, 5.74) is 1.59. The molecule has 2 aromatic rings. The molecule has 1 unspecified atom stereocenters. The maximum Gasteiger partial charge on any atom is 0.272 e. The van der Waals surface area contributed by atoms with Crippen LogP contribution in [0.1, 0.15) is 69.4 Å². The Morgan fingerprint density at radius 1 is 1.24 bits per heavy atom. The van der Waals surface area contributed by atoms with Crippen molar-refractivity contribution in [2.24, 2.45) is 0 Å². The smallest absolute Gasteiger partial charge is 0.272 e. The van der Waals surface area contributed by atoms with Crippen LogP contribution in [0.2, 0.25) is 0 Å². The molecule has 2 saturated heterocycles. The summed E-state index contributed by atoms with van der Waals surface area (Å²) in [6, 6.07) is 9.33. The highest BCUT2D eigenvalue weighted by Crippen LogP contribution is 2.29. The minimum atomic E-state index is -0.0470. The summed E-state index contributed by atoms with van der Waals surface area (Å²) in [5.74, 6) is -0.0470. The van der Waals surface area contributed by atoms with Crippen molar-refractivity contribution in [2.45, 2.75) is 77.0 Å². The van der Waals surface area contributed by atoms with Crippen molar-refractivity contribution in [1.29, 1.82) is 0 Å². The number of morpholine rings is 1. The Balaban J connectivity index is 1.50. The molecule has 4 atom stereocenters. The molecular formula is C23H34N4O2. The minimum absolute atomic E-state index is 0.0470. The summed E-state index contributed by atoms with van der Waals surface area (Å²) in [6.07, 6.45) is 5.32. The molecule has 2 aliphatic rings. The normalized spacial score (nSPS) is 25.8. The second-order valence-corrected chi connectivity index (χ2v) is 8.65. The Kier molecular flexibility index (Phi) is 6.20. The second kappa shape index (κ2) is 8.84. The Hall–Kier alpha value is -1.92. The lowest BCUT2D eigenvalue weighted by Crippen LogP contribution is -2.60. The van der Waals surface area contributed by atoms with E-state index < -0.39 is 0 Å². The molecule has 3 heterocycles. The number of benzene rings is 1. The van der Waals surface area contributed by atoms with Crippen LogP contribution in [0.4, 0.5) is 0 Å². The first kappa shape index (κ1) is 20.4. The number of ether oxygens (including phenoxy) is 1. The number of nitrogens with zero attached hydrogens (tertiary/aromatic N) is 3. The van der Waals surface area contributed by atoms with E-state index in [2.05, 4.69) is 37.1 Å². The molecule has 6 heteroatoms. The van der Waals surface area contributed by atoms with Gasteiger partial charge in [-0.25, -0.2) is 0 Å². The third kappa shape index (κ3) is 4.05. The molecule has 6 nitrogen and oxygen atoms in total. The molecule has 0 spiro atoms. The number of piperidine rings is 1. The SMILES string of the molecule is CCCCN1[C@@H]2COC[C@H]1C[C@@H](NC(=O)c1nn(C(C)CC)c3ccccc13)C2. The Labute approximate surface area is 173 Å². The van der Waals surface area contributed by atoms with Gasteiger partial charge in [0.15, 0.2) is 5.69 Å². The van der Waals surface area contributed by atoms with Gasteiger partial charge in [-0.2, -0.15) is 5.10 Å². The Bertz CT molecular complexity index is 835. The first-order valence-electron chi connectivity index (χ1n) is 11.2. The summed E-state index contributed by atoms with van der Waals surface area (Å²) in [4.78, 5) is 15.8. The van der Waals surface area contributed by atoms with Gasteiger partial charge in [0.25, 0.3) is 5.91 Å². The van der Waals surface area contributed by atoms with Crippen molar-refractivity contribution in [3.05, 3.63) is 30.0 Å². The van der Waals surface area contributed by atoms with Crippen LogP contribution >= 0.6 is 0 Å². The lowest BCUT2D eigenvalue weighted by molar-refractivity contribution is -0.0802. The molecular weight excluding hydrogens is 364 g/mol. The molecule has 2 aliphatic heterocycles. The number of carbonyl (C=O) groups excluding carboxylic acids is 1. The monoisotopic (exact) mass is 398 g/mol. The van der Waals surface area contributed by atoms with E-state index in [9.17, 15) is 4.79 Å². The van der Waals surface area contributed by atoms with Crippen molar-refractivity contribution in [3.8, 4) is 0 Å². The van der Waals surface area contributed by atoms with E-state index in [1.165, 1.54) is 12.8 Å². The fraction of sp³-hybridized carbons (Fsp3) is 0.652. The zero-order valence-corrected chi connectivity index (χ0v) is 17.9. The van der Waals surface area contributed by atoms with Crippen LogP contribution in [0.15, 0.2) is 24.3 Å². The van der Waals surface area contributed by atoms with Crippen LogP contribution in [0, 0.1) is 0 Å². The summed E-state index contributed by atoms with van der Waals surface area (Å²) in [6.45, 7) is 9.22. The van der Waals surface area contributed by atoms with Crippen LogP contribution in [0.25, 0.3) is 10.9 Å². The van der Waals surface area contributed by atoms with Crippen LogP contribution in [-0.2, 0) is 4.74 Å². The molecule has 1 aromatic heterocycles. The van der Waals surface area contributed by atoms with Crippen LogP contribution in [-0.4, -0.2) is 58.5 Å². The molecule has 1 N–H and O–H groups in total. The molecule has 4 rings (SSSR count). The van der Waals surface area contributed by atoms with E-state index >= 15 is 0 Å². The average Bonchev–Trinajstić information content (AvgIpc) is 3.11. The third-order valence-electron chi connectivity index (χ3n) is 6.61. The van der Waals surface area contributed by atoms with Crippen LogP contribution in [0.5, 0.6) is 0 Å². The quantitative estimate of drug-likeness (QED) is 0.771. The number of nitrogens with one attached hydrogen (secondary N) is 1. The van der Waals surface area contributed by atoms with Crippen LogP contribution < -0.4 is 5.32 Å². The predicted octanol–water partition coefficient (Wildman–Crippen LogP) is 3.77. The molecule has 1 aromatic carbocycles. The van der Waals surface area contributed by atoms with Gasteiger partial charge >= 0.3 is 0 Å². The number of carbonyl (C=O) groups is 1. The largest absolute Gasteiger partial charge is 0.378 e. The average molecular weight is 399 g/mol. The van der Waals surface area contributed by atoms with Gasteiger partial charge in [-0.3, -0.25) is 14.4 Å². The molecule has 2 bridgehead atoms. The van der Waals surface area contributed by atoms with Gasteiger partial charge in [-0.05, 0) is 45.2 Å². The van der Waals surface area contributed by atoms with Crippen molar-refractivity contribution < 1.29 is 9.53 Å².